The Morgan fingerprint density at radius 3 is 2.41 bits per heavy atom. The van der Waals surface area contributed by atoms with Gasteiger partial charge in [-0.3, -0.25) is 4.79 Å². The summed E-state index contributed by atoms with van der Waals surface area (Å²) in [4.78, 5) is 14.3. The van der Waals surface area contributed by atoms with Crippen LogP contribution in [0.5, 0.6) is 0 Å². The van der Waals surface area contributed by atoms with Gasteiger partial charge in [-0.15, -0.1) is 0 Å². The average molecular weight is 330 g/mol. The smallest absolute Gasteiger partial charge is 0.254 e. The van der Waals surface area contributed by atoms with Crippen LogP contribution in [0.15, 0.2) is 0 Å². The Balaban J connectivity index is 1.70. The van der Waals surface area contributed by atoms with E-state index in [1.54, 1.807) is 11.4 Å². The van der Waals surface area contributed by atoms with Crippen LogP contribution in [0.3, 0.4) is 0 Å². The van der Waals surface area contributed by atoms with Gasteiger partial charge in [-0.25, -0.2) is 12.7 Å². The van der Waals surface area contributed by atoms with Crippen LogP contribution in [0.2, 0.25) is 0 Å². The van der Waals surface area contributed by atoms with Crippen LogP contribution in [0.25, 0.3) is 0 Å². The predicted molar refractivity (Wildman–Crippen MR) is 82.8 cm³/mol. The molecule has 0 aromatic carbocycles. The van der Waals surface area contributed by atoms with Crippen molar-refractivity contribution in [2.75, 3.05) is 32.5 Å². The van der Waals surface area contributed by atoms with Crippen LogP contribution in [-0.2, 0) is 19.6 Å². The Kier molecular flexibility index (Phi) is 4.24. The number of β-lactam (4-membered cyclic amide) rings is 1. The molecule has 2 heterocycles. The molecule has 0 radical (unpaired) electrons. The molecule has 3 fully saturated rings. The molecule has 0 bridgehead atoms. The van der Waals surface area contributed by atoms with E-state index in [2.05, 4.69) is 0 Å². The normalized spacial score (nSPS) is 28.9. The number of likely N-dealkylation sites (tertiary alicyclic amines) is 1. The second kappa shape index (κ2) is 5.76. The van der Waals surface area contributed by atoms with Gasteiger partial charge in [-0.05, 0) is 38.0 Å². The molecule has 0 aromatic heterocycles. The van der Waals surface area contributed by atoms with Crippen molar-refractivity contribution in [1.29, 1.82) is 0 Å². The summed E-state index contributed by atoms with van der Waals surface area (Å²) < 4.78 is 31.4. The lowest BCUT2D eigenvalue weighted by Crippen LogP contribution is -2.77. The van der Waals surface area contributed by atoms with E-state index in [1.165, 1.54) is 12.8 Å². The maximum absolute atomic E-state index is 12.3. The predicted octanol–water partition coefficient (Wildman–Crippen LogP) is 0.828. The molecular formula is C15H26N2O4S. The number of amides is 1. The first-order valence-corrected chi connectivity index (χ1v) is 9.87. The third-order valence-corrected chi connectivity index (χ3v) is 7.41. The highest BCUT2D eigenvalue weighted by Gasteiger charge is 2.62. The van der Waals surface area contributed by atoms with Crippen molar-refractivity contribution in [3.05, 3.63) is 0 Å². The third-order valence-electron chi connectivity index (χ3n) is 5.33. The topological polar surface area (TPSA) is 66.9 Å². The first-order valence-electron chi connectivity index (χ1n) is 8.26. The zero-order valence-electron chi connectivity index (χ0n) is 13.5. The monoisotopic (exact) mass is 330 g/mol. The minimum atomic E-state index is -3.14. The summed E-state index contributed by atoms with van der Waals surface area (Å²) in [7, 11) is -1.56. The first-order chi connectivity index (χ1) is 10.4. The summed E-state index contributed by atoms with van der Waals surface area (Å²) in [6, 6.07) is 0. The molecule has 1 unspecified atom stereocenters. The molecule has 1 atom stereocenters. The van der Waals surface area contributed by atoms with Gasteiger partial charge in [0.2, 0.25) is 10.0 Å². The largest absolute Gasteiger partial charge is 0.369 e. The highest BCUT2D eigenvalue weighted by Crippen LogP contribution is 2.45. The molecule has 1 spiro atoms. The standard InChI is InChI=1S/C15H26N2O4S/c1-3-10-22(19,20)16-8-6-15(7-9-16)13(21-2)14(18)17(15)11-12-4-5-12/h12-13H,3-11H2,1-2H3. The number of piperidine rings is 1. The number of rotatable bonds is 6. The molecule has 0 aromatic rings. The fourth-order valence-corrected chi connectivity index (χ4v) is 5.40. The molecular weight excluding hydrogens is 304 g/mol. The van der Waals surface area contributed by atoms with Crippen LogP contribution >= 0.6 is 0 Å². The first kappa shape index (κ1) is 16.2. The van der Waals surface area contributed by atoms with Gasteiger partial charge in [0, 0.05) is 26.7 Å². The van der Waals surface area contributed by atoms with Gasteiger partial charge in [0.05, 0.1) is 11.3 Å². The van der Waals surface area contributed by atoms with Crippen LogP contribution in [0.4, 0.5) is 0 Å². The van der Waals surface area contributed by atoms with E-state index < -0.39 is 10.0 Å². The van der Waals surface area contributed by atoms with E-state index in [0.29, 0.717) is 38.3 Å². The lowest BCUT2D eigenvalue weighted by molar-refractivity contribution is -0.197. The molecule has 1 saturated carbocycles. The van der Waals surface area contributed by atoms with Crippen molar-refractivity contribution in [2.24, 2.45) is 5.92 Å². The van der Waals surface area contributed by atoms with E-state index in [0.717, 1.165) is 6.54 Å². The molecule has 2 saturated heterocycles. The fraction of sp³-hybridized carbons (Fsp3) is 0.933. The molecule has 3 aliphatic rings. The van der Waals surface area contributed by atoms with Crippen molar-refractivity contribution in [2.45, 2.75) is 50.7 Å². The number of carbonyl (C=O) groups excluding carboxylic acids is 1. The van der Waals surface area contributed by atoms with E-state index in [-0.39, 0.29) is 23.3 Å². The second-order valence-electron chi connectivity index (χ2n) is 6.83. The summed E-state index contributed by atoms with van der Waals surface area (Å²) in [5.41, 5.74) is -0.271. The molecule has 6 nitrogen and oxygen atoms in total. The van der Waals surface area contributed by atoms with Gasteiger partial charge >= 0.3 is 0 Å². The van der Waals surface area contributed by atoms with Crippen molar-refractivity contribution in [3.8, 4) is 0 Å². The molecule has 3 rings (SSSR count). The van der Waals surface area contributed by atoms with Crippen LogP contribution < -0.4 is 0 Å². The third kappa shape index (κ3) is 2.57. The van der Waals surface area contributed by atoms with E-state index >= 15 is 0 Å². The summed E-state index contributed by atoms with van der Waals surface area (Å²) in [5, 5.41) is 0. The van der Waals surface area contributed by atoms with E-state index in [1.807, 2.05) is 11.8 Å². The van der Waals surface area contributed by atoms with Crippen LogP contribution in [0.1, 0.15) is 39.0 Å². The molecule has 0 N–H and O–H groups in total. The molecule has 2 aliphatic heterocycles. The second-order valence-corrected chi connectivity index (χ2v) is 8.92. The number of hydrogen-bond acceptors (Lipinski definition) is 4. The Labute approximate surface area is 132 Å². The van der Waals surface area contributed by atoms with Gasteiger partial charge in [0.15, 0.2) is 6.10 Å². The highest BCUT2D eigenvalue weighted by atomic mass is 32.2. The Hall–Kier alpha value is -0.660. The van der Waals surface area contributed by atoms with Crippen molar-refractivity contribution in [3.63, 3.8) is 0 Å². The summed E-state index contributed by atoms with van der Waals surface area (Å²) in [6.45, 7) is 3.69. The number of nitrogens with zero attached hydrogens (tertiary/aromatic N) is 2. The minimum Gasteiger partial charge on any atom is -0.369 e. The number of methoxy groups -OCH3 is 1. The maximum atomic E-state index is 12.3. The molecule has 126 valence electrons. The van der Waals surface area contributed by atoms with E-state index in [9.17, 15) is 13.2 Å². The minimum absolute atomic E-state index is 0.0827. The quantitative estimate of drug-likeness (QED) is 0.677. The van der Waals surface area contributed by atoms with Crippen molar-refractivity contribution < 1.29 is 17.9 Å². The Morgan fingerprint density at radius 2 is 1.91 bits per heavy atom. The molecule has 1 amide bonds. The summed E-state index contributed by atoms with van der Waals surface area (Å²) >= 11 is 0. The van der Waals surface area contributed by atoms with Crippen LogP contribution in [-0.4, -0.2) is 67.7 Å². The van der Waals surface area contributed by atoms with Gasteiger partial charge in [-0.2, -0.15) is 0 Å². The fourth-order valence-electron chi connectivity index (χ4n) is 3.89. The van der Waals surface area contributed by atoms with Crippen molar-refractivity contribution >= 4 is 15.9 Å². The van der Waals surface area contributed by atoms with Crippen molar-refractivity contribution in [1.82, 2.24) is 9.21 Å². The molecule has 1 aliphatic carbocycles. The average Bonchev–Trinajstić information content (AvgIpc) is 3.30. The van der Waals surface area contributed by atoms with E-state index in [4.69, 9.17) is 4.74 Å². The molecule has 7 heteroatoms. The highest BCUT2D eigenvalue weighted by molar-refractivity contribution is 7.89. The number of hydrogen-bond donors (Lipinski definition) is 0. The van der Waals surface area contributed by atoms with Gasteiger partial charge < -0.3 is 9.64 Å². The van der Waals surface area contributed by atoms with Crippen LogP contribution in [0, 0.1) is 5.92 Å². The lowest BCUT2D eigenvalue weighted by atomic mass is 9.73. The van der Waals surface area contributed by atoms with Gasteiger partial charge in [0.1, 0.15) is 0 Å². The lowest BCUT2D eigenvalue weighted by Gasteiger charge is -2.59. The maximum Gasteiger partial charge on any atom is 0.254 e. The number of ether oxygens (including phenoxy) is 1. The summed E-state index contributed by atoms with van der Waals surface area (Å²) in [5.74, 6) is 0.929. The zero-order valence-corrected chi connectivity index (χ0v) is 14.3. The number of sulfonamides is 1. The Morgan fingerprint density at radius 1 is 1.27 bits per heavy atom. The SMILES string of the molecule is CCCS(=O)(=O)N1CCC2(CC1)C(OC)C(=O)N2CC1CC1. The number of carbonyl (C=O) groups is 1. The molecule has 22 heavy (non-hydrogen) atoms. The summed E-state index contributed by atoms with van der Waals surface area (Å²) in [6.07, 6.45) is 4.03. The van der Waals surface area contributed by atoms with Gasteiger partial charge in [0.25, 0.3) is 5.91 Å². The zero-order chi connectivity index (χ0) is 16.0. The Bertz CT molecular complexity index is 536. The van der Waals surface area contributed by atoms with Gasteiger partial charge in [-0.1, -0.05) is 6.92 Å².